The summed E-state index contributed by atoms with van der Waals surface area (Å²) in [6.45, 7) is 6.93. The Balaban J connectivity index is 1.98. The summed E-state index contributed by atoms with van der Waals surface area (Å²) in [5.41, 5.74) is -0.393. The topological polar surface area (TPSA) is 44.7 Å². The van der Waals surface area contributed by atoms with Gasteiger partial charge in [0.25, 0.3) is 5.91 Å². The van der Waals surface area contributed by atoms with Gasteiger partial charge in [-0.05, 0) is 32.2 Å². The normalized spacial score (nSPS) is 40.2. The smallest absolute Gasteiger partial charge is 0.256 e. The minimum atomic E-state index is -0.393. The third kappa shape index (κ3) is 1.33. The number of hydrogen-bond acceptors (Lipinski definition) is 3. The van der Waals surface area contributed by atoms with Crippen LogP contribution in [0.1, 0.15) is 33.1 Å². The highest BCUT2D eigenvalue weighted by atomic mass is 16.2. The number of amides is 1. The van der Waals surface area contributed by atoms with E-state index in [0.717, 1.165) is 44.7 Å². The lowest BCUT2D eigenvalue weighted by atomic mass is 9.85. The van der Waals surface area contributed by atoms with Crippen LogP contribution < -0.4 is 5.32 Å². The Labute approximate surface area is 102 Å². The minimum absolute atomic E-state index is 0.271. The highest BCUT2D eigenvalue weighted by Crippen LogP contribution is 2.48. The van der Waals surface area contributed by atoms with Crippen molar-refractivity contribution in [2.24, 2.45) is 16.8 Å². The van der Waals surface area contributed by atoms with Crippen LogP contribution in [0.4, 0.5) is 0 Å². The molecule has 2 heterocycles. The number of hydrogen-bond donors (Lipinski definition) is 1. The number of rotatable bonds is 2. The largest absolute Gasteiger partial charge is 0.316 e. The molecule has 2 fully saturated rings. The quantitative estimate of drug-likeness (QED) is 0.777. The summed E-state index contributed by atoms with van der Waals surface area (Å²) < 4.78 is 0. The zero-order valence-electron chi connectivity index (χ0n) is 10.7. The Morgan fingerprint density at radius 1 is 1.47 bits per heavy atom. The van der Waals surface area contributed by atoms with Gasteiger partial charge in [-0.3, -0.25) is 14.7 Å². The molecule has 0 radical (unpaired) electrons. The lowest BCUT2D eigenvalue weighted by molar-refractivity contribution is -0.132. The van der Waals surface area contributed by atoms with Crippen molar-refractivity contribution in [3.63, 3.8) is 0 Å². The summed E-state index contributed by atoms with van der Waals surface area (Å²) in [7, 11) is 0. The Morgan fingerprint density at radius 3 is 2.94 bits per heavy atom. The number of likely N-dealkylation sites (N-methyl/N-ethyl adjacent to an activating group) is 1. The summed E-state index contributed by atoms with van der Waals surface area (Å²) in [6, 6.07) is 0. The Kier molecular flexibility index (Phi) is 2.51. The van der Waals surface area contributed by atoms with Crippen molar-refractivity contribution in [1.82, 2.24) is 10.2 Å². The first-order chi connectivity index (χ1) is 8.23. The van der Waals surface area contributed by atoms with Crippen LogP contribution in [0.2, 0.25) is 0 Å². The van der Waals surface area contributed by atoms with Gasteiger partial charge >= 0.3 is 0 Å². The molecule has 1 spiro atoms. The molecule has 1 aliphatic carbocycles. The number of nitrogens with one attached hydrogen (secondary N) is 1. The summed E-state index contributed by atoms with van der Waals surface area (Å²) in [5.74, 6) is 2.38. The van der Waals surface area contributed by atoms with Crippen LogP contribution in [0.3, 0.4) is 0 Å². The number of amidine groups is 1. The number of aliphatic imine (C=N–C) groups is 1. The molecule has 0 bridgehead atoms. The molecular formula is C13H21N3O. The van der Waals surface area contributed by atoms with Crippen molar-refractivity contribution in [3.8, 4) is 0 Å². The fraction of sp³-hybridized carbons (Fsp3) is 0.846. The lowest BCUT2D eigenvalue weighted by Crippen LogP contribution is -2.46. The van der Waals surface area contributed by atoms with Crippen LogP contribution in [0.5, 0.6) is 0 Å². The van der Waals surface area contributed by atoms with Gasteiger partial charge in [0.15, 0.2) is 0 Å². The van der Waals surface area contributed by atoms with Gasteiger partial charge in [-0.1, -0.05) is 6.92 Å². The molecule has 4 heteroatoms. The molecule has 3 rings (SSSR count). The fourth-order valence-corrected chi connectivity index (χ4v) is 3.88. The molecular weight excluding hydrogens is 214 g/mol. The van der Waals surface area contributed by atoms with Crippen molar-refractivity contribution in [2.75, 3.05) is 19.6 Å². The lowest BCUT2D eigenvalue weighted by Gasteiger charge is -2.26. The molecule has 1 saturated carbocycles. The van der Waals surface area contributed by atoms with Gasteiger partial charge in [-0.15, -0.1) is 0 Å². The van der Waals surface area contributed by atoms with Crippen molar-refractivity contribution in [3.05, 3.63) is 0 Å². The van der Waals surface area contributed by atoms with E-state index in [1.165, 1.54) is 0 Å². The molecule has 1 saturated heterocycles. The van der Waals surface area contributed by atoms with E-state index < -0.39 is 5.54 Å². The maximum Gasteiger partial charge on any atom is 0.256 e. The average molecular weight is 235 g/mol. The van der Waals surface area contributed by atoms with Crippen LogP contribution in [-0.2, 0) is 4.79 Å². The third-order valence-corrected chi connectivity index (χ3v) is 4.74. The number of nitrogens with zero attached hydrogens (tertiary/aromatic N) is 2. The van der Waals surface area contributed by atoms with Gasteiger partial charge in [-0.2, -0.15) is 0 Å². The first-order valence-electron chi connectivity index (χ1n) is 6.84. The van der Waals surface area contributed by atoms with E-state index in [-0.39, 0.29) is 5.91 Å². The zero-order chi connectivity index (χ0) is 12.0. The summed E-state index contributed by atoms with van der Waals surface area (Å²) in [6.07, 6.45) is 2.98. The summed E-state index contributed by atoms with van der Waals surface area (Å²) in [5, 5.41) is 3.42. The summed E-state index contributed by atoms with van der Waals surface area (Å²) >= 11 is 0. The minimum Gasteiger partial charge on any atom is -0.316 e. The highest BCUT2D eigenvalue weighted by Gasteiger charge is 2.59. The summed E-state index contributed by atoms with van der Waals surface area (Å²) in [4.78, 5) is 19.4. The number of carbonyl (C=O) groups excluding carboxylic acids is 1. The van der Waals surface area contributed by atoms with Crippen molar-refractivity contribution in [1.29, 1.82) is 0 Å². The van der Waals surface area contributed by atoms with Crippen LogP contribution in [0.25, 0.3) is 0 Å². The molecule has 1 amide bonds. The SMILES string of the molecule is CCC1=N[C@]2(CC[C@H]3CNC[C@H]32)C(=O)N1CC. The Hall–Kier alpha value is -0.900. The van der Waals surface area contributed by atoms with E-state index >= 15 is 0 Å². The molecule has 17 heavy (non-hydrogen) atoms. The monoisotopic (exact) mass is 235 g/mol. The Morgan fingerprint density at radius 2 is 2.29 bits per heavy atom. The Bertz CT molecular complexity index is 379. The fourth-order valence-electron chi connectivity index (χ4n) is 3.88. The first-order valence-corrected chi connectivity index (χ1v) is 6.84. The second-order valence-electron chi connectivity index (χ2n) is 5.42. The predicted octanol–water partition coefficient (Wildman–Crippen LogP) is 1.03. The maximum absolute atomic E-state index is 12.7. The highest BCUT2D eigenvalue weighted by molar-refractivity contribution is 6.08. The molecule has 2 aliphatic heterocycles. The van der Waals surface area contributed by atoms with Crippen LogP contribution in [0, 0.1) is 11.8 Å². The molecule has 0 aromatic carbocycles. The molecule has 3 atom stereocenters. The third-order valence-electron chi connectivity index (χ3n) is 4.74. The van der Waals surface area contributed by atoms with Crippen LogP contribution in [0.15, 0.2) is 4.99 Å². The molecule has 0 aromatic heterocycles. The zero-order valence-corrected chi connectivity index (χ0v) is 10.7. The van der Waals surface area contributed by atoms with Gasteiger partial charge in [0.1, 0.15) is 11.4 Å². The van der Waals surface area contributed by atoms with Crippen LogP contribution >= 0.6 is 0 Å². The standard InChI is InChI=1S/C13H21N3O/c1-3-11-15-13(12(17)16(11)4-2)6-5-9-7-14-8-10(9)13/h9-10,14H,3-8H2,1-2H3/t9-,10+,13-/m0/s1. The molecule has 1 N–H and O–H groups in total. The van der Waals surface area contributed by atoms with Gasteiger partial charge < -0.3 is 5.32 Å². The second-order valence-corrected chi connectivity index (χ2v) is 5.42. The molecule has 0 unspecified atom stereocenters. The van der Waals surface area contributed by atoms with E-state index in [1.807, 2.05) is 11.8 Å². The van der Waals surface area contributed by atoms with E-state index in [4.69, 9.17) is 4.99 Å². The second kappa shape index (κ2) is 3.80. The van der Waals surface area contributed by atoms with Crippen molar-refractivity contribution >= 4 is 11.7 Å². The van der Waals surface area contributed by atoms with E-state index in [1.54, 1.807) is 0 Å². The molecule has 94 valence electrons. The van der Waals surface area contributed by atoms with Crippen molar-refractivity contribution < 1.29 is 4.79 Å². The van der Waals surface area contributed by atoms with Gasteiger partial charge in [0.2, 0.25) is 0 Å². The van der Waals surface area contributed by atoms with Crippen LogP contribution in [-0.4, -0.2) is 41.8 Å². The van der Waals surface area contributed by atoms with Gasteiger partial charge in [0.05, 0.1) is 0 Å². The average Bonchev–Trinajstić information content (AvgIpc) is 2.97. The van der Waals surface area contributed by atoms with Gasteiger partial charge in [-0.25, -0.2) is 0 Å². The van der Waals surface area contributed by atoms with E-state index in [2.05, 4.69) is 12.2 Å². The predicted molar refractivity (Wildman–Crippen MR) is 66.9 cm³/mol. The van der Waals surface area contributed by atoms with E-state index in [9.17, 15) is 4.79 Å². The van der Waals surface area contributed by atoms with Crippen molar-refractivity contribution in [2.45, 2.75) is 38.6 Å². The number of fused-ring (bicyclic) bond motifs is 2. The molecule has 0 aromatic rings. The molecule has 3 aliphatic rings. The van der Waals surface area contributed by atoms with Gasteiger partial charge in [0, 0.05) is 25.4 Å². The first kappa shape index (κ1) is 11.2. The van der Waals surface area contributed by atoms with E-state index in [0.29, 0.717) is 11.8 Å². The molecule has 4 nitrogen and oxygen atoms in total. The maximum atomic E-state index is 12.7. The number of carbonyl (C=O) groups is 1.